The largest absolute Gasteiger partial charge is 0.512 e. The number of fused-ring (bicyclic) bond motifs is 1. The fourth-order valence-corrected chi connectivity index (χ4v) is 11.7. The van der Waals surface area contributed by atoms with Crippen LogP contribution in [0.2, 0.25) is 23.2 Å². The summed E-state index contributed by atoms with van der Waals surface area (Å²) in [6, 6.07) is 9.88. The van der Waals surface area contributed by atoms with Crippen LogP contribution in [0, 0.1) is 5.41 Å². The summed E-state index contributed by atoms with van der Waals surface area (Å²) in [5.74, 6) is -0.105. The van der Waals surface area contributed by atoms with Crippen LogP contribution >= 0.6 is 0 Å². The van der Waals surface area contributed by atoms with Crippen molar-refractivity contribution in [2.45, 2.75) is 70.8 Å². The maximum atomic E-state index is 12.9. The summed E-state index contributed by atoms with van der Waals surface area (Å²) in [6.07, 6.45) is 7.36. The van der Waals surface area contributed by atoms with E-state index < -0.39 is 25.1 Å². The van der Waals surface area contributed by atoms with Crippen LogP contribution in [0.4, 0.5) is 0 Å². The Bertz CT molecular complexity index is 1110. The summed E-state index contributed by atoms with van der Waals surface area (Å²) in [4.78, 5) is 28.8. The molecular formula is C26H36N2O3Si. The lowest BCUT2D eigenvalue weighted by molar-refractivity contribution is 0.0947. The number of hydrogen-bond donors (Lipinski definition) is 3. The normalized spacial score (nSPS) is 21.4. The average Bonchev–Trinajstić information content (AvgIpc) is 2.76. The number of aromatic nitrogens is 1. The van der Waals surface area contributed by atoms with E-state index in [0.29, 0.717) is 16.7 Å². The molecule has 32 heavy (non-hydrogen) atoms. The van der Waals surface area contributed by atoms with Gasteiger partial charge in [0.05, 0.1) is 19.9 Å². The van der Waals surface area contributed by atoms with Gasteiger partial charge in [0.1, 0.15) is 5.56 Å². The van der Waals surface area contributed by atoms with Crippen LogP contribution in [0.25, 0.3) is 10.9 Å². The van der Waals surface area contributed by atoms with Gasteiger partial charge in [-0.25, -0.2) is 0 Å². The fourth-order valence-electron chi connectivity index (χ4n) is 5.81. The van der Waals surface area contributed by atoms with E-state index in [2.05, 4.69) is 57.9 Å². The highest BCUT2D eigenvalue weighted by Crippen LogP contribution is 2.62. The third kappa shape index (κ3) is 3.64. The second-order valence-electron chi connectivity index (χ2n) is 9.89. The van der Waals surface area contributed by atoms with Crippen LogP contribution in [0.5, 0.6) is 0 Å². The quantitative estimate of drug-likeness (QED) is 0.375. The van der Waals surface area contributed by atoms with Gasteiger partial charge in [-0.3, -0.25) is 9.59 Å². The Morgan fingerprint density at radius 2 is 1.78 bits per heavy atom. The number of aromatic amines is 1. The molecule has 1 aliphatic rings. The van der Waals surface area contributed by atoms with Crippen molar-refractivity contribution in [1.29, 1.82) is 0 Å². The summed E-state index contributed by atoms with van der Waals surface area (Å²) < 4.78 is 0. The van der Waals surface area contributed by atoms with E-state index in [1.807, 2.05) is 12.1 Å². The van der Waals surface area contributed by atoms with E-state index >= 15 is 0 Å². The van der Waals surface area contributed by atoms with Gasteiger partial charge in [0.2, 0.25) is 5.43 Å². The number of carbonyl (C=O) groups excluding carboxylic acids is 1. The van der Waals surface area contributed by atoms with Crippen molar-refractivity contribution in [3.8, 4) is 0 Å². The second-order valence-corrected chi connectivity index (χ2v) is 15.4. The van der Waals surface area contributed by atoms with Crippen molar-refractivity contribution in [1.82, 2.24) is 10.3 Å². The highest BCUT2D eigenvalue weighted by molar-refractivity contribution is 6.84. The van der Waals surface area contributed by atoms with Crippen molar-refractivity contribution < 1.29 is 9.90 Å². The summed E-state index contributed by atoms with van der Waals surface area (Å²) in [5, 5.41) is 14.4. The molecule has 0 bridgehead atoms. The van der Waals surface area contributed by atoms with E-state index in [-0.39, 0.29) is 16.4 Å². The summed E-state index contributed by atoms with van der Waals surface area (Å²) in [7, 11) is -1.91. The minimum atomic E-state index is -1.91. The first-order valence-electron chi connectivity index (χ1n) is 11.6. The molecule has 6 heteroatoms. The van der Waals surface area contributed by atoms with Crippen LogP contribution in [0.15, 0.2) is 59.2 Å². The molecule has 0 aliphatic heterocycles. The molecule has 0 saturated carbocycles. The maximum absolute atomic E-state index is 12.9. The highest BCUT2D eigenvalue weighted by atomic mass is 28.3. The first-order valence-corrected chi connectivity index (χ1v) is 14.2. The number of hydrogen-bond acceptors (Lipinski definition) is 3. The molecule has 172 valence electrons. The van der Waals surface area contributed by atoms with Crippen LogP contribution in [-0.4, -0.2) is 30.1 Å². The van der Waals surface area contributed by atoms with Gasteiger partial charge in [-0.2, -0.15) is 0 Å². The highest BCUT2D eigenvalue weighted by Gasteiger charge is 2.58. The van der Waals surface area contributed by atoms with Gasteiger partial charge >= 0.3 is 0 Å². The molecule has 0 saturated heterocycles. The number of pyridine rings is 1. The number of aliphatic hydroxyl groups is 1. The molecule has 3 N–H and O–H groups in total. The first-order chi connectivity index (χ1) is 15.1. The number of H-pyrrole nitrogens is 1. The van der Waals surface area contributed by atoms with Gasteiger partial charge < -0.3 is 15.4 Å². The molecule has 1 aromatic heterocycles. The van der Waals surface area contributed by atoms with Crippen molar-refractivity contribution in [2.75, 3.05) is 0 Å². The van der Waals surface area contributed by atoms with Gasteiger partial charge in [-0.15, -0.1) is 0 Å². The predicted molar refractivity (Wildman–Crippen MR) is 135 cm³/mol. The van der Waals surface area contributed by atoms with E-state index in [1.54, 1.807) is 24.3 Å². The summed E-state index contributed by atoms with van der Waals surface area (Å²) in [5.41, 5.74) is 0.294. The zero-order valence-corrected chi connectivity index (χ0v) is 21.1. The molecule has 1 aliphatic carbocycles. The van der Waals surface area contributed by atoms with E-state index in [4.69, 9.17) is 0 Å². The molecule has 1 heterocycles. The Balaban J connectivity index is 1.95. The Morgan fingerprint density at radius 3 is 2.34 bits per heavy atom. The number of aliphatic hydroxyl groups excluding tert-OH is 1. The van der Waals surface area contributed by atoms with Crippen LogP contribution in [0.1, 0.15) is 51.9 Å². The molecule has 2 unspecified atom stereocenters. The maximum Gasteiger partial charge on any atom is 0.257 e. The molecule has 2 atom stereocenters. The van der Waals surface area contributed by atoms with Gasteiger partial charge in [0.15, 0.2) is 0 Å². The minimum absolute atomic E-state index is 0.0667. The topological polar surface area (TPSA) is 82.2 Å². The number of allylic oxidation sites excluding steroid dienone is 1. The minimum Gasteiger partial charge on any atom is -0.512 e. The number of benzene rings is 1. The first kappa shape index (κ1) is 24.0. The monoisotopic (exact) mass is 452 g/mol. The van der Waals surface area contributed by atoms with Gasteiger partial charge in [-0.1, -0.05) is 84.0 Å². The lowest BCUT2D eigenvalue weighted by atomic mass is 9.75. The number of rotatable bonds is 6. The van der Waals surface area contributed by atoms with E-state index in [9.17, 15) is 14.7 Å². The fraction of sp³-hybridized carbons (Fsp3) is 0.462. The summed E-state index contributed by atoms with van der Waals surface area (Å²) >= 11 is 0. The third-order valence-corrected chi connectivity index (χ3v) is 14.6. The van der Waals surface area contributed by atoms with E-state index in [0.717, 1.165) is 18.1 Å². The average molecular weight is 453 g/mol. The van der Waals surface area contributed by atoms with Crippen LogP contribution < -0.4 is 10.7 Å². The van der Waals surface area contributed by atoms with Gasteiger partial charge in [0.25, 0.3) is 5.91 Å². The second kappa shape index (κ2) is 8.74. The van der Waals surface area contributed by atoms with Crippen molar-refractivity contribution in [3.63, 3.8) is 0 Å². The Kier molecular flexibility index (Phi) is 6.56. The molecule has 1 aromatic carbocycles. The van der Waals surface area contributed by atoms with Crippen LogP contribution in [0.3, 0.4) is 0 Å². The van der Waals surface area contributed by atoms with Gasteiger partial charge in [-0.05, 0) is 23.6 Å². The molecule has 1 amide bonds. The molecule has 3 rings (SSSR count). The Morgan fingerprint density at radius 1 is 1.16 bits per heavy atom. The van der Waals surface area contributed by atoms with Crippen molar-refractivity contribution in [3.05, 3.63) is 70.2 Å². The molecule has 0 fully saturated rings. The molecule has 0 radical (unpaired) electrons. The smallest absolute Gasteiger partial charge is 0.257 e. The lowest BCUT2D eigenvalue weighted by Gasteiger charge is -2.55. The molecule has 2 aromatic rings. The predicted octanol–water partition coefficient (Wildman–Crippen LogP) is 5.93. The number of para-hydroxylation sites is 1. The number of carbonyl (C=O) groups is 1. The molecule has 0 spiro atoms. The molecular weight excluding hydrogens is 416 g/mol. The Hall–Kier alpha value is -2.60. The zero-order valence-electron chi connectivity index (χ0n) is 20.1. The van der Waals surface area contributed by atoms with Crippen molar-refractivity contribution >= 4 is 24.9 Å². The summed E-state index contributed by atoms with van der Waals surface area (Å²) in [6.45, 7) is 13.3. The Labute approximate surface area is 191 Å². The van der Waals surface area contributed by atoms with Gasteiger partial charge in [0, 0.05) is 22.1 Å². The molecule has 5 nitrogen and oxygen atoms in total. The number of amides is 1. The standard InChI is InChI=1S/C26H36N2O3Si/c1-7-32(8-2,9-3)26(25(4,5)6)15-14-18(16-22(26)29)28-24(31)20-17-27-21-13-11-10-12-19(21)23(20)30/h10-18,29H,7-9H2,1-6H3,(H,27,30)(H,28,31). The number of nitrogens with one attached hydrogen (secondary N) is 2. The third-order valence-electron chi connectivity index (χ3n) is 7.68. The zero-order chi connectivity index (χ0) is 23.7. The SMILES string of the molecule is CC[Si](CC)(CC)C1(C(C)(C)C)C=CC(NC(=O)c2c[nH]c3ccccc3c2=O)C=C1O. The van der Waals surface area contributed by atoms with Crippen molar-refractivity contribution in [2.24, 2.45) is 5.41 Å². The van der Waals surface area contributed by atoms with Crippen LogP contribution in [-0.2, 0) is 0 Å². The van der Waals surface area contributed by atoms with E-state index in [1.165, 1.54) is 6.20 Å². The lowest BCUT2D eigenvalue weighted by Crippen LogP contribution is -2.54.